The molecule has 3 nitrogen and oxygen atoms in total. The third kappa shape index (κ3) is 1.28. The average Bonchev–Trinajstić information content (AvgIpc) is 1.86. The molecule has 7 heavy (non-hydrogen) atoms. The lowest BCUT2D eigenvalue weighted by Gasteiger charge is -1.59. The van der Waals surface area contributed by atoms with E-state index in [0.29, 0.717) is 0 Å². The Hall–Kier alpha value is -0.960. The van der Waals surface area contributed by atoms with Crippen LogP contribution in [0.5, 0.6) is 0 Å². The summed E-state index contributed by atoms with van der Waals surface area (Å²) in [6, 6.07) is 0. The van der Waals surface area contributed by atoms with Gasteiger partial charge in [-0.3, -0.25) is 9.79 Å². The van der Waals surface area contributed by atoms with E-state index in [2.05, 4.69) is 4.99 Å². The van der Waals surface area contributed by atoms with E-state index >= 15 is 0 Å². The lowest BCUT2D eigenvalue weighted by Crippen LogP contribution is -1.84. The topological polar surface area (TPSA) is 59.9 Å². The first kappa shape index (κ1) is 6.04. The van der Waals surface area contributed by atoms with Crippen molar-refractivity contribution in [2.75, 3.05) is 0 Å². The number of hydrogen-bond acceptors (Lipinski definition) is 2. The Kier molecular flexibility index (Phi) is 1.95. The Labute approximate surface area is 41.3 Å². The van der Waals surface area contributed by atoms with Gasteiger partial charge in [-0.1, -0.05) is 0 Å². The van der Waals surface area contributed by atoms with E-state index in [1.54, 1.807) is 0 Å². The molecule has 1 rings (SSSR count). The predicted octanol–water partition coefficient (Wildman–Crippen LogP) is -0.327. The first-order valence-corrected chi connectivity index (χ1v) is 1.63. The van der Waals surface area contributed by atoms with Crippen molar-refractivity contribution in [1.82, 2.24) is 6.15 Å². The molecule has 1 aliphatic heterocycles. The number of carbonyl (C=O) groups is 1. The van der Waals surface area contributed by atoms with Crippen molar-refractivity contribution >= 4 is 12.0 Å². The highest BCUT2D eigenvalue weighted by Gasteiger charge is 1.90. The van der Waals surface area contributed by atoms with Crippen molar-refractivity contribution in [1.29, 1.82) is 0 Å². The Bertz CT molecular complexity index is 112. The fourth-order valence-corrected chi connectivity index (χ4v) is 0.276. The molecule has 0 atom stereocenters. The lowest BCUT2D eigenvalue weighted by atomic mass is 10.5. The molecule has 1 heterocycles. The smallest absolute Gasteiger partial charge is 0.198 e. The molecule has 0 saturated carbocycles. The molecule has 0 fully saturated rings. The fraction of sp³-hybridized carbons (Fsp3) is 0. The van der Waals surface area contributed by atoms with E-state index in [1.807, 2.05) is 0 Å². The molecule has 3 radical (unpaired) electrons. The predicted molar refractivity (Wildman–Crippen MR) is 24.8 cm³/mol. The third-order valence-electron chi connectivity index (χ3n) is 0.527. The standard InChI is InChI=1S/C4H3NO.N/c6-4-1-2-5-3-4;/h1-3H;. The lowest BCUT2D eigenvalue weighted by molar-refractivity contribution is -0.108. The van der Waals surface area contributed by atoms with Crippen LogP contribution in [-0.2, 0) is 4.79 Å². The Morgan fingerprint density at radius 1 is 1.57 bits per heavy atom. The van der Waals surface area contributed by atoms with Crippen molar-refractivity contribution < 1.29 is 4.79 Å². The van der Waals surface area contributed by atoms with Crippen LogP contribution in [-0.4, -0.2) is 12.0 Å². The maximum Gasteiger partial charge on any atom is 0.198 e. The Balaban J connectivity index is 0.000000360. The highest BCUT2D eigenvalue weighted by atomic mass is 16.1. The van der Waals surface area contributed by atoms with Crippen molar-refractivity contribution in [3.8, 4) is 0 Å². The number of nitrogens with zero attached hydrogens (tertiary/aromatic N) is 2. The highest BCUT2D eigenvalue weighted by Crippen LogP contribution is 1.82. The van der Waals surface area contributed by atoms with Crippen LogP contribution in [0.3, 0.4) is 0 Å². The second-order valence-corrected chi connectivity index (χ2v) is 0.996. The molecule has 0 aliphatic carbocycles. The van der Waals surface area contributed by atoms with Gasteiger partial charge in [0.05, 0.1) is 6.21 Å². The third-order valence-corrected chi connectivity index (χ3v) is 0.527. The van der Waals surface area contributed by atoms with Gasteiger partial charge in [0, 0.05) is 18.4 Å². The van der Waals surface area contributed by atoms with Gasteiger partial charge < -0.3 is 0 Å². The van der Waals surface area contributed by atoms with Crippen LogP contribution in [0.4, 0.5) is 0 Å². The van der Waals surface area contributed by atoms with Gasteiger partial charge in [-0.15, -0.1) is 0 Å². The van der Waals surface area contributed by atoms with Gasteiger partial charge in [-0.2, -0.15) is 0 Å². The molecular weight excluding hydrogens is 92.1 g/mol. The van der Waals surface area contributed by atoms with Gasteiger partial charge in [0.1, 0.15) is 0 Å². The highest BCUT2D eigenvalue weighted by molar-refractivity contribution is 6.34. The molecule has 0 amide bonds. The van der Waals surface area contributed by atoms with Crippen LogP contribution in [0.2, 0.25) is 0 Å². The molecule has 0 saturated heterocycles. The molecule has 0 aromatic carbocycles. The molecule has 3 heteroatoms. The number of carbonyl (C=O) groups excluding carboxylic acids is 1. The van der Waals surface area contributed by atoms with Crippen LogP contribution in [0.1, 0.15) is 0 Å². The summed E-state index contributed by atoms with van der Waals surface area (Å²) in [6.45, 7) is 0. The van der Waals surface area contributed by atoms with E-state index in [9.17, 15) is 4.79 Å². The summed E-state index contributed by atoms with van der Waals surface area (Å²) in [4.78, 5) is 13.5. The van der Waals surface area contributed by atoms with Crippen molar-refractivity contribution in [3.05, 3.63) is 12.3 Å². The second kappa shape index (κ2) is 2.25. The van der Waals surface area contributed by atoms with Crippen LogP contribution >= 0.6 is 0 Å². The molecular formula is C4H3N2O. The van der Waals surface area contributed by atoms with E-state index in [-0.39, 0.29) is 11.9 Å². The first-order chi connectivity index (χ1) is 2.89. The Morgan fingerprint density at radius 2 is 2.29 bits per heavy atom. The summed E-state index contributed by atoms with van der Waals surface area (Å²) in [7, 11) is 0. The Morgan fingerprint density at radius 3 is 2.43 bits per heavy atom. The van der Waals surface area contributed by atoms with Crippen LogP contribution in [0.15, 0.2) is 17.3 Å². The largest absolute Gasteiger partial charge is 0.288 e. The van der Waals surface area contributed by atoms with E-state index in [1.165, 1.54) is 18.5 Å². The minimum atomic E-state index is -0.0185. The van der Waals surface area contributed by atoms with Gasteiger partial charge in [-0.25, -0.2) is 0 Å². The molecule has 35 valence electrons. The zero-order chi connectivity index (χ0) is 4.41. The summed E-state index contributed by atoms with van der Waals surface area (Å²) in [5, 5.41) is 0. The molecule has 1 aliphatic rings. The number of aliphatic imine (C=N–C) groups is 1. The molecule has 0 spiro atoms. The fourth-order valence-electron chi connectivity index (χ4n) is 0.276. The van der Waals surface area contributed by atoms with Crippen LogP contribution in [0, 0.1) is 0 Å². The van der Waals surface area contributed by atoms with Gasteiger partial charge in [0.15, 0.2) is 5.78 Å². The quantitative estimate of drug-likeness (QED) is 0.406. The first-order valence-electron chi connectivity index (χ1n) is 1.63. The number of rotatable bonds is 0. The van der Waals surface area contributed by atoms with Gasteiger partial charge >= 0.3 is 0 Å². The van der Waals surface area contributed by atoms with Crippen molar-refractivity contribution in [3.63, 3.8) is 0 Å². The minimum absolute atomic E-state index is 0. The summed E-state index contributed by atoms with van der Waals surface area (Å²) < 4.78 is 0. The van der Waals surface area contributed by atoms with E-state index in [0.717, 1.165) is 0 Å². The summed E-state index contributed by atoms with van der Waals surface area (Å²) in [6.07, 6.45) is 4.17. The number of ketones is 1. The minimum Gasteiger partial charge on any atom is -0.288 e. The summed E-state index contributed by atoms with van der Waals surface area (Å²) >= 11 is 0. The van der Waals surface area contributed by atoms with Crippen LogP contribution < -0.4 is 6.15 Å². The van der Waals surface area contributed by atoms with E-state index < -0.39 is 0 Å². The van der Waals surface area contributed by atoms with Crippen molar-refractivity contribution in [2.24, 2.45) is 4.99 Å². The van der Waals surface area contributed by atoms with Crippen LogP contribution in [0.25, 0.3) is 0 Å². The number of allylic oxidation sites excluding steroid dienone is 1. The normalized spacial score (nSPS) is 14.6. The molecule has 0 bridgehead atoms. The summed E-state index contributed by atoms with van der Waals surface area (Å²) in [5.41, 5.74) is 0. The maximum atomic E-state index is 10.0. The number of hydrogen-bond donors (Lipinski definition) is 0. The molecule has 0 aromatic heterocycles. The molecule has 0 unspecified atom stereocenters. The van der Waals surface area contributed by atoms with Gasteiger partial charge in [0.25, 0.3) is 0 Å². The SMILES string of the molecule is O=C1C=CN=C1.[N]. The molecule has 0 aromatic rings. The second-order valence-electron chi connectivity index (χ2n) is 0.996. The van der Waals surface area contributed by atoms with Gasteiger partial charge in [0.2, 0.25) is 0 Å². The molecule has 0 N–H and O–H groups in total. The monoisotopic (exact) mass is 95.0 g/mol. The van der Waals surface area contributed by atoms with Gasteiger partial charge in [-0.05, 0) is 0 Å². The maximum absolute atomic E-state index is 10.0. The van der Waals surface area contributed by atoms with E-state index in [4.69, 9.17) is 0 Å². The zero-order valence-corrected chi connectivity index (χ0v) is 3.53. The van der Waals surface area contributed by atoms with Crippen molar-refractivity contribution in [2.45, 2.75) is 0 Å². The zero-order valence-electron chi connectivity index (χ0n) is 3.53. The summed E-state index contributed by atoms with van der Waals surface area (Å²) in [5.74, 6) is -0.0185. The average molecular weight is 95.1 g/mol.